The van der Waals surface area contributed by atoms with Crippen LogP contribution in [0.1, 0.15) is 16.3 Å². The number of thiophene rings is 1. The van der Waals surface area contributed by atoms with Crippen molar-refractivity contribution in [3.8, 4) is 0 Å². The predicted octanol–water partition coefficient (Wildman–Crippen LogP) is 1.79. The standard InChI is InChI=1S/C9H10N2OS/c10-6-7-4-8(12-11-7)5-9-2-1-3-13-9/h1-4H,5-6,10H2. The van der Waals surface area contributed by atoms with Gasteiger partial charge < -0.3 is 10.3 Å². The van der Waals surface area contributed by atoms with Crippen LogP contribution in [0, 0.1) is 0 Å². The van der Waals surface area contributed by atoms with Gasteiger partial charge in [0, 0.05) is 23.9 Å². The molecule has 2 aromatic rings. The molecule has 0 radical (unpaired) electrons. The molecular formula is C9H10N2OS. The van der Waals surface area contributed by atoms with Crippen molar-refractivity contribution in [3.63, 3.8) is 0 Å². The second-order valence-electron chi connectivity index (χ2n) is 2.74. The Bertz CT molecular complexity index is 367. The lowest BCUT2D eigenvalue weighted by molar-refractivity contribution is 0.384. The number of hydrogen-bond acceptors (Lipinski definition) is 4. The molecular weight excluding hydrogens is 184 g/mol. The van der Waals surface area contributed by atoms with Gasteiger partial charge in [0.15, 0.2) is 0 Å². The van der Waals surface area contributed by atoms with E-state index in [1.54, 1.807) is 11.3 Å². The minimum absolute atomic E-state index is 0.438. The number of hydrogen-bond donors (Lipinski definition) is 1. The van der Waals surface area contributed by atoms with E-state index in [-0.39, 0.29) is 0 Å². The summed E-state index contributed by atoms with van der Waals surface area (Å²) < 4.78 is 5.11. The third-order valence-electron chi connectivity index (χ3n) is 1.75. The van der Waals surface area contributed by atoms with Gasteiger partial charge in [-0.3, -0.25) is 0 Å². The lowest BCUT2D eigenvalue weighted by Gasteiger charge is -1.88. The lowest BCUT2D eigenvalue weighted by atomic mass is 10.2. The largest absolute Gasteiger partial charge is 0.361 e. The van der Waals surface area contributed by atoms with E-state index in [9.17, 15) is 0 Å². The molecule has 0 aromatic carbocycles. The molecule has 0 aliphatic rings. The summed E-state index contributed by atoms with van der Waals surface area (Å²) in [5, 5.41) is 5.87. The summed E-state index contributed by atoms with van der Waals surface area (Å²) in [7, 11) is 0. The molecule has 0 fully saturated rings. The molecule has 0 aliphatic carbocycles. The fourth-order valence-electron chi connectivity index (χ4n) is 1.12. The van der Waals surface area contributed by atoms with Gasteiger partial charge in [-0.25, -0.2) is 0 Å². The summed E-state index contributed by atoms with van der Waals surface area (Å²) in [6, 6.07) is 6.01. The van der Waals surface area contributed by atoms with Gasteiger partial charge in [0.1, 0.15) is 5.76 Å². The van der Waals surface area contributed by atoms with Crippen molar-refractivity contribution in [2.24, 2.45) is 5.73 Å². The van der Waals surface area contributed by atoms with Crippen LogP contribution in [-0.4, -0.2) is 5.16 Å². The number of nitrogens with two attached hydrogens (primary N) is 1. The molecule has 0 bridgehead atoms. The number of rotatable bonds is 3. The van der Waals surface area contributed by atoms with Gasteiger partial charge in [0.25, 0.3) is 0 Å². The summed E-state index contributed by atoms with van der Waals surface area (Å²) in [6.45, 7) is 0.438. The van der Waals surface area contributed by atoms with E-state index in [4.69, 9.17) is 10.3 Å². The molecule has 2 aromatic heterocycles. The summed E-state index contributed by atoms with van der Waals surface area (Å²) in [6.07, 6.45) is 0.810. The Balaban J connectivity index is 2.10. The fourth-order valence-corrected chi connectivity index (χ4v) is 1.83. The zero-order chi connectivity index (χ0) is 9.10. The van der Waals surface area contributed by atoms with Gasteiger partial charge in [-0.1, -0.05) is 11.2 Å². The smallest absolute Gasteiger partial charge is 0.142 e. The zero-order valence-electron chi connectivity index (χ0n) is 7.06. The van der Waals surface area contributed by atoms with E-state index in [2.05, 4.69) is 16.6 Å². The van der Waals surface area contributed by atoms with Crippen LogP contribution in [0.3, 0.4) is 0 Å². The number of aromatic nitrogens is 1. The van der Waals surface area contributed by atoms with Gasteiger partial charge in [0.2, 0.25) is 0 Å². The summed E-state index contributed by atoms with van der Waals surface area (Å²) >= 11 is 1.72. The van der Waals surface area contributed by atoms with Crippen molar-refractivity contribution in [2.45, 2.75) is 13.0 Å². The van der Waals surface area contributed by atoms with Crippen LogP contribution in [0.4, 0.5) is 0 Å². The lowest BCUT2D eigenvalue weighted by Crippen LogP contribution is -1.94. The van der Waals surface area contributed by atoms with Crippen molar-refractivity contribution in [3.05, 3.63) is 39.9 Å². The van der Waals surface area contributed by atoms with Crippen molar-refractivity contribution >= 4 is 11.3 Å². The Labute approximate surface area is 80.2 Å². The van der Waals surface area contributed by atoms with Crippen LogP contribution >= 0.6 is 11.3 Å². The van der Waals surface area contributed by atoms with Crippen LogP contribution in [0.15, 0.2) is 28.1 Å². The molecule has 3 nitrogen and oxygen atoms in total. The van der Waals surface area contributed by atoms with Gasteiger partial charge in [-0.15, -0.1) is 11.3 Å². The third kappa shape index (κ3) is 1.96. The molecule has 2 heterocycles. The van der Waals surface area contributed by atoms with E-state index in [1.807, 2.05) is 12.1 Å². The first-order valence-corrected chi connectivity index (χ1v) is 4.93. The van der Waals surface area contributed by atoms with E-state index in [0.29, 0.717) is 6.54 Å². The maximum absolute atomic E-state index is 5.42. The molecule has 2 N–H and O–H groups in total. The molecule has 0 amide bonds. The minimum atomic E-state index is 0.438. The molecule has 0 unspecified atom stereocenters. The van der Waals surface area contributed by atoms with Gasteiger partial charge in [-0.05, 0) is 11.4 Å². The number of nitrogens with zero attached hydrogens (tertiary/aromatic N) is 1. The maximum Gasteiger partial charge on any atom is 0.142 e. The second kappa shape index (κ2) is 3.72. The van der Waals surface area contributed by atoms with Gasteiger partial charge in [-0.2, -0.15) is 0 Å². The Hall–Kier alpha value is -1.13. The molecule has 0 saturated heterocycles. The van der Waals surface area contributed by atoms with Crippen molar-refractivity contribution in [2.75, 3.05) is 0 Å². The highest BCUT2D eigenvalue weighted by molar-refractivity contribution is 7.09. The van der Waals surface area contributed by atoms with E-state index in [0.717, 1.165) is 17.9 Å². The molecule has 0 aliphatic heterocycles. The first-order chi connectivity index (χ1) is 6.38. The molecule has 0 spiro atoms. The maximum atomic E-state index is 5.42. The average molecular weight is 194 g/mol. The Morgan fingerprint density at radius 3 is 3.08 bits per heavy atom. The second-order valence-corrected chi connectivity index (χ2v) is 3.78. The summed E-state index contributed by atoms with van der Waals surface area (Å²) in [5.41, 5.74) is 6.23. The van der Waals surface area contributed by atoms with Gasteiger partial charge in [0.05, 0.1) is 5.69 Å². The monoisotopic (exact) mass is 194 g/mol. The van der Waals surface area contributed by atoms with Crippen LogP contribution in [0.2, 0.25) is 0 Å². The molecule has 4 heteroatoms. The summed E-state index contributed by atoms with van der Waals surface area (Å²) in [4.78, 5) is 1.28. The predicted molar refractivity (Wildman–Crippen MR) is 51.5 cm³/mol. The summed E-state index contributed by atoms with van der Waals surface area (Å²) in [5.74, 6) is 0.878. The van der Waals surface area contributed by atoms with Crippen molar-refractivity contribution < 1.29 is 4.52 Å². The molecule has 0 saturated carbocycles. The first kappa shape index (κ1) is 8.47. The Morgan fingerprint density at radius 1 is 1.54 bits per heavy atom. The molecule has 68 valence electrons. The highest BCUT2D eigenvalue weighted by Gasteiger charge is 2.03. The van der Waals surface area contributed by atoms with E-state index in [1.165, 1.54) is 4.88 Å². The first-order valence-electron chi connectivity index (χ1n) is 4.05. The molecule has 13 heavy (non-hydrogen) atoms. The third-order valence-corrected chi connectivity index (χ3v) is 2.62. The highest BCUT2D eigenvalue weighted by Crippen LogP contribution is 2.15. The quantitative estimate of drug-likeness (QED) is 0.810. The Morgan fingerprint density at radius 2 is 2.46 bits per heavy atom. The van der Waals surface area contributed by atoms with Crippen LogP contribution in [-0.2, 0) is 13.0 Å². The normalized spacial score (nSPS) is 10.5. The topological polar surface area (TPSA) is 52.0 Å². The average Bonchev–Trinajstić information content (AvgIpc) is 2.76. The Kier molecular flexibility index (Phi) is 2.42. The van der Waals surface area contributed by atoms with Crippen LogP contribution in [0.5, 0.6) is 0 Å². The minimum Gasteiger partial charge on any atom is -0.361 e. The van der Waals surface area contributed by atoms with E-state index < -0.39 is 0 Å². The van der Waals surface area contributed by atoms with Crippen LogP contribution < -0.4 is 5.73 Å². The fraction of sp³-hybridized carbons (Fsp3) is 0.222. The van der Waals surface area contributed by atoms with Crippen molar-refractivity contribution in [1.29, 1.82) is 0 Å². The highest BCUT2D eigenvalue weighted by atomic mass is 32.1. The van der Waals surface area contributed by atoms with Gasteiger partial charge >= 0.3 is 0 Å². The SMILES string of the molecule is NCc1cc(Cc2cccs2)on1. The zero-order valence-corrected chi connectivity index (χ0v) is 7.88. The van der Waals surface area contributed by atoms with Crippen LogP contribution in [0.25, 0.3) is 0 Å². The molecule has 0 atom stereocenters. The van der Waals surface area contributed by atoms with E-state index >= 15 is 0 Å². The molecule has 2 rings (SSSR count). The van der Waals surface area contributed by atoms with Crippen molar-refractivity contribution in [1.82, 2.24) is 5.16 Å².